The molecule has 0 saturated heterocycles. The molecule has 0 radical (unpaired) electrons. The number of hydrogen-bond donors (Lipinski definition) is 3. The van der Waals surface area contributed by atoms with Gasteiger partial charge in [0.2, 0.25) is 0 Å². The molecule has 1 aromatic carbocycles. The van der Waals surface area contributed by atoms with E-state index in [0.717, 1.165) is 6.07 Å². The van der Waals surface area contributed by atoms with Gasteiger partial charge in [0.1, 0.15) is 0 Å². The normalized spacial score (nSPS) is 10.9. The van der Waals surface area contributed by atoms with E-state index >= 15 is 0 Å². The maximum Gasteiger partial charge on any atom is 0.319 e. The molecule has 1 rings (SSSR count). The van der Waals surface area contributed by atoms with Gasteiger partial charge in [0.15, 0.2) is 11.6 Å². The highest BCUT2D eigenvalue weighted by atomic mass is 19.1. The third kappa shape index (κ3) is 5.68. The highest BCUT2D eigenvalue weighted by Gasteiger charge is 2.23. The summed E-state index contributed by atoms with van der Waals surface area (Å²) in [5.41, 5.74) is -0.667. The molecule has 0 fully saturated rings. The Morgan fingerprint density at radius 3 is 2.57 bits per heavy atom. The fraction of sp³-hybridized carbons (Fsp3) is 0.429. The van der Waals surface area contributed by atoms with Gasteiger partial charge in [-0.05, 0) is 32.9 Å². The Hall–Kier alpha value is -2.31. The smallest absolute Gasteiger partial charge is 0.319 e. The molecule has 2 amide bonds. The van der Waals surface area contributed by atoms with Gasteiger partial charge in [-0.3, -0.25) is 4.79 Å². The highest BCUT2D eigenvalue weighted by Crippen LogP contribution is 2.21. The first-order valence-corrected chi connectivity index (χ1v) is 6.47. The topological polar surface area (TPSA) is 87.7 Å². The molecule has 0 aliphatic carbocycles. The Labute approximate surface area is 122 Å². The summed E-state index contributed by atoms with van der Waals surface area (Å²) in [6, 6.07) is 3.44. The molecule has 0 saturated carbocycles. The van der Waals surface area contributed by atoms with E-state index in [1.807, 2.05) is 0 Å². The third-order valence-corrected chi connectivity index (χ3v) is 2.53. The maximum absolute atomic E-state index is 13.6. The van der Waals surface area contributed by atoms with Crippen LogP contribution in [0.5, 0.6) is 5.75 Å². The lowest BCUT2D eigenvalue weighted by molar-refractivity contribution is -0.138. The number of rotatable bonds is 6. The zero-order valence-corrected chi connectivity index (χ0v) is 12.2. The lowest BCUT2D eigenvalue weighted by atomic mass is 10.0. The van der Waals surface area contributed by atoms with Crippen molar-refractivity contribution in [1.29, 1.82) is 0 Å². The molecule has 0 aromatic heterocycles. The van der Waals surface area contributed by atoms with Crippen LogP contribution in [0.4, 0.5) is 14.9 Å². The monoisotopic (exact) mass is 298 g/mol. The summed E-state index contributed by atoms with van der Waals surface area (Å²) < 4.78 is 18.7. The standard InChI is InChI=1S/C14H19FN2O4/c1-4-21-11-6-5-9(7-10(11)15)16-13(20)17-14(2,3)8-12(18)19/h5-7H,4,8H2,1-3H3,(H,18,19)(H2,16,17,20). The molecular weight excluding hydrogens is 279 g/mol. The van der Waals surface area contributed by atoms with Crippen molar-refractivity contribution in [2.24, 2.45) is 0 Å². The predicted molar refractivity (Wildman–Crippen MR) is 76.1 cm³/mol. The van der Waals surface area contributed by atoms with E-state index in [0.29, 0.717) is 6.61 Å². The lowest BCUT2D eigenvalue weighted by Crippen LogP contribution is -2.46. The third-order valence-electron chi connectivity index (χ3n) is 2.53. The lowest BCUT2D eigenvalue weighted by Gasteiger charge is -2.24. The van der Waals surface area contributed by atoms with Crippen molar-refractivity contribution in [3.05, 3.63) is 24.0 Å². The minimum atomic E-state index is -1.02. The fourth-order valence-corrected chi connectivity index (χ4v) is 1.74. The van der Waals surface area contributed by atoms with E-state index < -0.39 is 23.4 Å². The van der Waals surface area contributed by atoms with Gasteiger partial charge < -0.3 is 20.5 Å². The fourth-order valence-electron chi connectivity index (χ4n) is 1.74. The van der Waals surface area contributed by atoms with Crippen molar-refractivity contribution in [3.8, 4) is 5.75 Å². The van der Waals surface area contributed by atoms with Gasteiger partial charge in [-0.15, -0.1) is 0 Å². The average molecular weight is 298 g/mol. The number of nitrogens with one attached hydrogen (secondary N) is 2. The van der Waals surface area contributed by atoms with Crippen molar-refractivity contribution in [2.45, 2.75) is 32.7 Å². The van der Waals surface area contributed by atoms with Gasteiger partial charge in [-0.1, -0.05) is 0 Å². The van der Waals surface area contributed by atoms with Crippen LogP contribution in [0.2, 0.25) is 0 Å². The number of aliphatic carboxylic acids is 1. The van der Waals surface area contributed by atoms with Crippen LogP contribution in [-0.4, -0.2) is 29.3 Å². The molecule has 6 nitrogen and oxygen atoms in total. The molecule has 0 unspecified atom stereocenters. The Kier molecular flexibility index (Phi) is 5.52. The van der Waals surface area contributed by atoms with E-state index in [4.69, 9.17) is 9.84 Å². The van der Waals surface area contributed by atoms with Gasteiger partial charge in [0.25, 0.3) is 0 Å². The van der Waals surface area contributed by atoms with Gasteiger partial charge in [-0.25, -0.2) is 9.18 Å². The van der Waals surface area contributed by atoms with Crippen LogP contribution in [-0.2, 0) is 4.79 Å². The zero-order chi connectivity index (χ0) is 16.0. The van der Waals surface area contributed by atoms with Crippen LogP contribution in [0.3, 0.4) is 0 Å². The van der Waals surface area contributed by atoms with E-state index in [1.165, 1.54) is 12.1 Å². The second-order valence-electron chi connectivity index (χ2n) is 5.11. The summed E-state index contributed by atoms with van der Waals surface area (Å²) in [5.74, 6) is -1.50. The maximum atomic E-state index is 13.6. The van der Waals surface area contributed by atoms with Gasteiger partial charge in [0.05, 0.1) is 13.0 Å². The molecule has 0 bridgehead atoms. The van der Waals surface area contributed by atoms with Crippen LogP contribution in [0.15, 0.2) is 18.2 Å². The second-order valence-corrected chi connectivity index (χ2v) is 5.11. The Morgan fingerprint density at radius 1 is 1.38 bits per heavy atom. The number of carboxylic acid groups (broad SMARTS) is 1. The molecule has 0 heterocycles. The first-order chi connectivity index (χ1) is 9.73. The summed E-state index contributed by atoms with van der Waals surface area (Å²) >= 11 is 0. The van der Waals surface area contributed by atoms with E-state index in [1.54, 1.807) is 20.8 Å². The molecule has 21 heavy (non-hydrogen) atoms. The number of carbonyl (C=O) groups excluding carboxylic acids is 1. The molecule has 3 N–H and O–H groups in total. The van der Waals surface area contributed by atoms with E-state index in [9.17, 15) is 14.0 Å². The van der Waals surface area contributed by atoms with Gasteiger partial charge in [0, 0.05) is 17.3 Å². The van der Waals surface area contributed by atoms with Crippen molar-refractivity contribution in [1.82, 2.24) is 5.32 Å². The molecular formula is C14H19FN2O4. The van der Waals surface area contributed by atoms with Crippen molar-refractivity contribution in [2.75, 3.05) is 11.9 Å². The molecule has 0 aliphatic rings. The van der Waals surface area contributed by atoms with Crippen molar-refractivity contribution >= 4 is 17.7 Å². The molecule has 116 valence electrons. The number of halogens is 1. The summed E-state index contributed by atoms with van der Waals surface area (Å²) in [6.07, 6.45) is -0.224. The van der Waals surface area contributed by atoms with Crippen LogP contribution in [0.25, 0.3) is 0 Å². The van der Waals surface area contributed by atoms with Gasteiger partial charge >= 0.3 is 12.0 Å². The highest BCUT2D eigenvalue weighted by molar-refractivity contribution is 5.90. The van der Waals surface area contributed by atoms with E-state index in [-0.39, 0.29) is 17.9 Å². The number of hydrogen-bond acceptors (Lipinski definition) is 3. The molecule has 0 spiro atoms. The van der Waals surface area contributed by atoms with Crippen molar-refractivity contribution < 1.29 is 23.8 Å². The second kappa shape index (κ2) is 6.92. The Balaban J connectivity index is 2.67. The molecule has 7 heteroatoms. The summed E-state index contributed by atoms with van der Waals surface area (Å²) in [6.45, 7) is 5.25. The minimum absolute atomic E-state index is 0.106. The summed E-state index contributed by atoms with van der Waals surface area (Å²) in [5, 5.41) is 13.7. The number of carbonyl (C=O) groups is 2. The van der Waals surface area contributed by atoms with Crippen LogP contribution in [0.1, 0.15) is 27.2 Å². The number of carboxylic acids is 1. The van der Waals surface area contributed by atoms with Gasteiger partial charge in [-0.2, -0.15) is 0 Å². The number of anilines is 1. The number of urea groups is 1. The molecule has 0 atom stereocenters. The summed E-state index contributed by atoms with van der Waals surface area (Å²) in [4.78, 5) is 22.4. The quantitative estimate of drug-likeness (QED) is 0.753. The predicted octanol–water partition coefficient (Wildman–Crippen LogP) is 2.60. The number of ether oxygens (including phenoxy) is 1. The first-order valence-electron chi connectivity index (χ1n) is 6.47. The van der Waals surface area contributed by atoms with E-state index in [2.05, 4.69) is 10.6 Å². The van der Waals surface area contributed by atoms with Crippen LogP contribution in [0, 0.1) is 5.82 Å². The van der Waals surface area contributed by atoms with Crippen molar-refractivity contribution in [3.63, 3.8) is 0 Å². The largest absolute Gasteiger partial charge is 0.491 e. The average Bonchev–Trinajstić information content (AvgIpc) is 2.30. The first kappa shape index (κ1) is 16.7. The number of benzene rings is 1. The summed E-state index contributed by atoms with van der Waals surface area (Å²) in [7, 11) is 0. The SMILES string of the molecule is CCOc1ccc(NC(=O)NC(C)(C)CC(=O)O)cc1F. The molecule has 0 aliphatic heterocycles. The van der Waals surface area contributed by atoms with Crippen LogP contribution >= 0.6 is 0 Å². The number of amides is 2. The Bertz CT molecular complexity index is 532. The van der Waals surface area contributed by atoms with Crippen LogP contribution < -0.4 is 15.4 Å². The minimum Gasteiger partial charge on any atom is -0.491 e. The Morgan fingerprint density at radius 2 is 2.05 bits per heavy atom. The molecule has 1 aromatic rings. The zero-order valence-electron chi connectivity index (χ0n) is 12.2.